The summed E-state index contributed by atoms with van der Waals surface area (Å²) in [5.74, 6) is -0.410. The molecule has 4 nitrogen and oxygen atoms in total. The number of ether oxygens (including phenoxy) is 1. The fourth-order valence-corrected chi connectivity index (χ4v) is 2.01. The van der Waals surface area contributed by atoms with Gasteiger partial charge in [-0.15, -0.1) is 0 Å². The Morgan fingerprint density at radius 3 is 2.39 bits per heavy atom. The number of carbonyl (C=O) groups excluding carboxylic acids is 2. The van der Waals surface area contributed by atoms with Crippen molar-refractivity contribution in [3.63, 3.8) is 0 Å². The lowest BCUT2D eigenvalue weighted by molar-refractivity contribution is -0.135. The zero-order valence-corrected chi connectivity index (χ0v) is 13.0. The van der Waals surface area contributed by atoms with E-state index in [0.717, 1.165) is 16.9 Å². The lowest BCUT2D eigenvalue weighted by Crippen LogP contribution is -2.31. The van der Waals surface area contributed by atoms with E-state index in [1.54, 1.807) is 25.3 Å². The summed E-state index contributed by atoms with van der Waals surface area (Å²) in [4.78, 5) is 23.5. The Morgan fingerprint density at radius 1 is 1.04 bits per heavy atom. The highest BCUT2D eigenvalue weighted by molar-refractivity contribution is 6.41. The molecule has 0 aliphatic rings. The van der Waals surface area contributed by atoms with Gasteiger partial charge in [-0.25, -0.2) is 0 Å². The Bertz CT molecular complexity index is 676. The highest BCUT2D eigenvalue weighted by Gasteiger charge is 2.08. The number of methoxy groups -OCH3 is 1. The van der Waals surface area contributed by atoms with Crippen LogP contribution >= 0.6 is 0 Å². The van der Waals surface area contributed by atoms with Gasteiger partial charge in [-0.05, 0) is 35.8 Å². The highest BCUT2D eigenvalue weighted by Crippen LogP contribution is 2.12. The second kappa shape index (κ2) is 8.54. The molecule has 4 heteroatoms. The second-order valence-electron chi connectivity index (χ2n) is 4.96. The topological polar surface area (TPSA) is 55.4 Å². The maximum absolute atomic E-state index is 11.8. The Morgan fingerprint density at radius 2 is 1.74 bits per heavy atom. The van der Waals surface area contributed by atoms with E-state index < -0.39 is 11.7 Å². The molecule has 0 aliphatic carbocycles. The summed E-state index contributed by atoms with van der Waals surface area (Å²) in [6.45, 7) is 0.435. The molecule has 1 N–H and O–H groups in total. The fourth-order valence-electron chi connectivity index (χ4n) is 2.01. The first kappa shape index (κ1) is 16.5. The number of carbonyl (C=O) groups is 2. The Labute approximate surface area is 135 Å². The molecule has 0 fully saturated rings. The second-order valence-corrected chi connectivity index (χ2v) is 4.96. The number of ketones is 1. The normalized spacial score (nSPS) is 10.5. The minimum absolute atomic E-state index is 0.435. The minimum Gasteiger partial charge on any atom is -0.497 e. The molecule has 23 heavy (non-hydrogen) atoms. The SMILES string of the molecule is COc1ccc(/C=C/C(=O)C(=O)NCCc2ccccc2)cc1. The smallest absolute Gasteiger partial charge is 0.291 e. The first-order chi connectivity index (χ1) is 11.2. The average Bonchev–Trinajstić information content (AvgIpc) is 2.61. The first-order valence-electron chi connectivity index (χ1n) is 7.37. The Hall–Kier alpha value is -2.88. The maximum Gasteiger partial charge on any atom is 0.291 e. The van der Waals surface area contributed by atoms with Crippen LogP contribution in [-0.4, -0.2) is 25.3 Å². The van der Waals surface area contributed by atoms with Gasteiger partial charge in [0.25, 0.3) is 5.91 Å². The molecule has 0 aliphatic heterocycles. The standard InChI is InChI=1S/C19H19NO3/c1-23-17-10-7-16(8-11-17)9-12-18(21)19(22)20-14-13-15-5-3-2-4-6-15/h2-12H,13-14H2,1H3,(H,20,22)/b12-9+. The van der Waals surface area contributed by atoms with E-state index in [4.69, 9.17) is 4.74 Å². The lowest BCUT2D eigenvalue weighted by atomic mass is 10.1. The monoisotopic (exact) mass is 309 g/mol. The van der Waals surface area contributed by atoms with Crippen molar-refractivity contribution >= 4 is 17.8 Å². The van der Waals surface area contributed by atoms with Crippen LogP contribution < -0.4 is 10.1 Å². The van der Waals surface area contributed by atoms with Crippen molar-refractivity contribution < 1.29 is 14.3 Å². The largest absolute Gasteiger partial charge is 0.497 e. The summed E-state index contributed by atoms with van der Waals surface area (Å²) in [7, 11) is 1.59. The van der Waals surface area contributed by atoms with E-state index in [9.17, 15) is 9.59 Å². The summed E-state index contributed by atoms with van der Waals surface area (Å²) in [6.07, 6.45) is 3.58. The number of nitrogens with one attached hydrogen (secondary N) is 1. The molecule has 1 amide bonds. The van der Waals surface area contributed by atoms with Gasteiger partial charge in [-0.1, -0.05) is 48.5 Å². The number of amides is 1. The van der Waals surface area contributed by atoms with Gasteiger partial charge in [-0.2, -0.15) is 0 Å². The molecule has 0 unspecified atom stereocenters. The lowest BCUT2D eigenvalue weighted by Gasteiger charge is -2.03. The molecule has 118 valence electrons. The molecule has 0 saturated heterocycles. The molecule has 2 aromatic rings. The number of benzene rings is 2. The summed E-state index contributed by atoms with van der Waals surface area (Å²) in [5.41, 5.74) is 1.95. The zero-order chi connectivity index (χ0) is 16.5. The third-order valence-electron chi connectivity index (χ3n) is 3.31. The summed E-state index contributed by atoms with van der Waals surface area (Å²) in [5, 5.41) is 2.63. The van der Waals surface area contributed by atoms with Crippen molar-refractivity contribution in [2.24, 2.45) is 0 Å². The molecule has 0 heterocycles. The summed E-state index contributed by atoms with van der Waals surface area (Å²) >= 11 is 0. The molecule has 0 spiro atoms. The van der Waals surface area contributed by atoms with Gasteiger partial charge in [0.2, 0.25) is 5.78 Å². The van der Waals surface area contributed by atoms with Crippen LogP contribution in [0.4, 0.5) is 0 Å². The van der Waals surface area contributed by atoms with Crippen LogP contribution in [0.3, 0.4) is 0 Å². The number of hydrogen-bond donors (Lipinski definition) is 1. The summed E-state index contributed by atoms with van der Waals surface area (Å²) < 4.78 is 5.06. The van der Waals surface area contributed by atoms with Gasteiger partial charge in [-0.3, -0.25) is 9.59 Å². The summed E-state index contributed by atoms with van der Waals surface area (Å²) in [6, 6.07) is 17.0. The van der Waals surface area contributed by atoms with Crippen molar-refractivity contribution in [1.82, 2.24) is 5.32 Å². The molecule has 0 radical (unpaired) electrons. The van der Waals surface area contributed by atoms with E-state index >= 15 is 0 Å². The first-order valence-corrected chi connectivity index (χ1v) is 7.37. The van der Waals surface area contributed by atoms with E-state index in [0.29, 0.717) is 13.0 Å². The van der Waals surface area contributed by atoms with Gasteiger partial charge in [0.15, 0.2) is 0 Å². The van der Waals surface area contributed by atoms with Gasteiger partial charge in [0, 0.05) is 6.54 Å². The zero-order valence-electron chi connectivity index (χ0n) is 13.0. The molecular formula is C19H19NO3. The van der Waals surface area contributed by atoms with Crippen LogP contribution in [0.15, 0.2) is 60.7 Å². The van der Waals surface area contributed by atoms with E-state index in [-0.39, 0.29) is 0 Å². The maximum atomic E-state index is 11.8. The Balaban J connectivity index is 1.79. The molecule has 0 atom stereocenters. The third-order valence-corrected chi connectivity index (χ3v) is 3.31. The number of hydrogen-bond acceptors (Lipinski definition) is 3. The van der Waals surface area contributed by atoms with Crippen molar-refractivity contribution in [1.29, 1.82) is 0 Å². The van der Waals surface area contributed by atoms with Crippen molar-refractivity contribution in [2.75, 3.05) is 13.7 Å². The minimum atomic E-state index is -0.592. The van der Waals surface area contributed by atoms with Crippen LogP contribution in [0.1, 0.15) is 11.1 Å². The van der Waals surface area contributed by atoms with Crippen molar-refractivity contribution in [3.05, 3.63) is 71.8 Å². The molecule has 0 bridgehead atoms. The average molecular weight is 309 g/mol. The van der Waals surface area contributed by atoms with Crippen LogP contribution in [0, 0.1) is 0 Å². The van der Waals surface area contributed by atoms with Gasteiger partial charge >= 0.3 is 0 Å². The van der Waals surface area contributed by atoms with E-state index in [2.05, 4.69) is 5.32 Å². The van der Waals surface area contributed by atoms with Crippen LogP contribution in [0.25, 0.3) is 6.08 Å². The van der Waals surface area contributed by atoms with Gasteiger partial charge in [0.1, 0.15) is 5.75 Å². The highest BCUT2D eigenvalue weighted by atomic mass is 16.5. The predicted octanol–water partition coefficient (Wildman–Crippen LogP) is 2.64. The predicted molar refractivity (Wildman–Crippen MR) is 90.2 cm³/mol. The molecule has 0 aromatic heterocycles. The van der Waals surface area contributed by atoms with Crippen LogP contribution in [0.2, 0.25) is 0 Å². The van der Waals surface area contributed by atoms with Crippen LogP contribution in [-0.2, 0) is 16.0 Å². The van der Waals surface area contributed by atoms with Crippen LogP contribution in [0.5, 0.6) is 5.75 Å². The Kier molecular flexibility index (Phi) is 6.12. The van der Waals surface area contributed by atoms with Gasteiger partial charge in [0.05, 0.1) is 7.11 Å². The quantitative estimate of drug-likeness (QED) is 0.632. The van der Waals surface area contributed by atoms with Crippen molar-refractivity contribution in [3.8, 4) is 5.75 Å². The molecular weight excluding hydrogens is 290 g/mol. The third kappa shape index (κ3) is 5.43. The van der Waals surface area contributed by atoms with Gasteiger partial charge < -0.3 is 10.1 Å². The van der Waals surface area contributed by atoms with E-state index in [1.165, 1.54) is 6.08 Å². The fraction of sp³-hybridized carbons (Fsp3) is 0.158. The van der Waals surface area contributed by atoms with E-state index in [1.807, 2.05) is 42.5 Å². The molecule has 2 rings (SSSR count). The van der Waals surface area contributed by atoms with Crippen molar-refractivity contribution in [2.45, 2.75) is 6.42 Å². The number of rotatable bonds is 7. The molecule has 0 saturated carbocycles. The molecule has 2 aromatic carbocycles.